The molecular formula is C28H33ClN2O5. The largest absolute Gasteiger partial charge is 0.481 e. The summed E-state index contributed by atoms with van der Waals surface area (Å²) in [6.07, 6.45) is 4.88. The van der Waals surface area contributed by atoms with Crippen LogP contribution in [-0.4, -0.2) is 47.2 Å². The van der Waals surface area contributed by atoms with Crippen molar-refractivity contribution in [2.45, 2.75) is 57.4 Å². The quantitative estimate of drug-likeness (QED) is 0.347. The van der Waals surface area contributed by atoms with Gasteiger partial charge in [-0.25, -0.2) is 0 Å². The number of rotatable bonds is 12. The van der Waals surface area contributed by atoms with Gasteiger partial charge in [0.1, 0.15) is 6.04 Å². The summed E-state index contributed by atoms with van der Waals surface area (Å²) in [7, 11) is 0. The number of amides is 2. The van der Waals surface area contributed by atoms with Crippen molar-refractivity contribution in [1.82, 2.24) is 10.6 Å². The zero-order valence-electron chi connectivity index (χ0n) is 20.3. The van der Waals surface area contributed by atoms with E-state index in [0.29, 0.717) is 42.8 Å². The van der Waals surface area contributed by atoms with Crippen LogP contribution in [0, 0.1) is 0 Å². The summed E-state index contributed by atoms with van der Waals surface area (Å²) < 4.78 is 0. The molecule has 0 saturated carbocycles. The lowest BCUT2D eigenvalue weighted by Crippen LogP contribution is -2.49. The van der Waals surface area contributed by atoms with Crippen molar-refractivity contribution in [3.8, 4) is 0 Å². The Labute approximate surface area is 216 Å². The Kier molecular flexibility index (Phi) is 10.5. The van der Waals surface area contributed by atoms with Crippen LogP contribution in [0.3, 0.4) is 0 Å². The summed E-state index contributed by atoms with van der Waals surface area (Å²) in [5.41, 5.74) is 4.65. The molecule has 0 spiro atoms. The number of carbonyl (C=O) groups excluding carboxylic acids is 2. The molecule has 1 unspecified atom stereocenters. The number of nitrogens with one attached hydrogen (secondary N) is 2. The fourth-order valence-corrected chi connectivity index (χ4v) is 4.55. The normalized spacial score (nSPS) is 14.3. The number of carboxylic acids is 1. The van der Waals surface area contributed by atoms with Crippen molar-refractivity contribution in [3.05, 3.63) is 81.4 Å². The van der Waals surface area contributed by atoms with E-state index in [2.05, 4.69) is 10.6 Å². The summed E-state index contributed by atoms with van der Waals surface area (Å²) in [5.74, 6) is -1.61. The van der Waals surface area contributed by atoms with Crippen molar-refractivity contribution in [1.29, 1.82) is 0 Å². The van der Waals surface area contributed by atoms with Crippen molar-refractivity contribution in [2.24, 2.45) is 0 Å². The Morgan fingerprint density at radius 3 is 2.33 bits per heavy atom. The van der Waals surface area contributed by atoms with E-state index in [1.807, 2.05) is 36.4 Å². The standard InChI is InChI=1S/C28H33ClN2O5/c29-23-12-9-19(10-13-23)15-16-30-28(36)25(18-32)31-27(35)24-8-4-3-7-22(24)17-21-6-2-1-5-20(21)11-14-26(33)34/h1-2,5-6,9-10,12-13,25,32H,3-4,7-8,11,14-18H2,(H,30,36)(H,31,35)(H,33,34). The molecule has 0 heterocycles. The highest BCUT2D eigenvalue weighted by Gasteiger charge is 2.25. The molecule has 0 radical (unpaired) electrons. The molecule has 0 saturated heterocycles. The average molecular weight is 513 g/mol. The first-order chi connectivity index (χ1) is 17.4. The molecule has 7 nitrogen and oxygen atoms in total. The fourth-order valence-electron chi connectivity index (χ4n) is 4.43. The zero-order valence-corrected chi connectivity index (χ0v) is 21.0. The van der Waals surface area contributed by atoms with Crippen LogP contribution in [0.25, 0.3) is 0 Å². The number of aliphatic hydroxyl groups excluding tert-OH is 1. The highest BCUT2D eigenvalue weighted by atomic mass is 35.5. The molecule has 1 atom stereocenters. The van der Waals surface area contributed by atoms with Crippen LogP contribution in [0.15, 0.2) is 59.7 Å². The van der Waals surface area contributed by atoms with Crippen LogP contribution in [0.4, 0.5) is 0 Å². The van der Waals surface area contributed by atoms with E-state index < -0.39 is 24.5 Å². The van der Waals surface area contributed by atoms with Crippen molar-refractivity contribution >= 4 is 29.4 Å². The van der Waals surface area contributed by atoms with Crippen LogP contribution in [0.1, 0.15) is 48.8 Å². The molecule has 0 aromatic heterocycles. The zero-order chi connectivity index (χ0) is 25.9. The lowest BCUT2D eigenvalue weighted by atomic mass is 9.86. The third kappa shape index (κ3) is 8.21. The van der Waals surface area contributed by atoms with Gasteiger partial charge in [-0.3, -0.25) is 14.4 Å². The first-order valence-corrected chi connectivity index (χ1v) is 12.7. The molecule has 2 amide bonds. The van der Waals surface area contributed by atoms with Crippen LogP contribution < -0.4 is 10.6 Å². The first kappa shape index (κ1) is 27.4. The SMILES string of the molecule is O=C(O)CCc1ccccc1CC1=C(C(=O)NC(CO)C(=O)NCCc2ccc(Cl)cc2)CCCC1. The number of carbonyl (C=O) groups is 3. The minimum atomic E-state index is -1.04. The van der Waals surface area contributed by atoms with E-state index >= 15 is 0 Å². The predicted octanol–water partition coefficient (Wildman–Crippen LogP) is 3.61. The minimum absolute atomic E-state index is 0.0503. The molecule has 2 aromatic carbocycles. The second-order valence-electron chi connectivity index (χ2n) is 9.00. The Balaban J connectivity index is 1.63. The van der Waals surface area contributed by atoms with E-state index in [1.165, 1.54) is 0 Å². The monoisotopic (exact) mass is 512 g/mol. The number of hydrogen-bond donors (Lipinski definition) is 4. The van der Waals surface area contributed by atoms with E-state index in [-0.39, 0.29) is 12.3 Å². The van der Waals surface area contributed by atoms with Gasteiger partial charge in [0, 0.05) is 23.6 Å². The van der Waals surface area contributed by atoms with Crippen molar-refractivity contribution in [2.75, 3.05) is 13.2 Å². The molecule has 3 rings (SSSR count). The Morgan fingerprint density at radius 1 is 0.944 bits per heavy atom. The van der Waals surface area contributed by atoms with Gasteiger partial charge < -0.3 is 20.8 Å². The van der Waals surface area contributed by atoms with Gasteiger partial charge in [-0.2, -0.15) is 0 Å². The molecule has 1 aliphatic carbocycles. The van der Waals surface area contributed by atoms with Gasteiger partial charge in [-0.1, -0.05) is 53.6 Å². The molecule has 36 heavy (non-hydrogen) atoms. The van der Waals surface area contributed by atoms with Crippen LogP contribution in [-0.2, 0) is 33.6 Å². The van der Waals surface area contributed by atoms with Crippen molar-refractivity contribution in [3.63, 3.8) is 0 Å². The topological polar surface area (TPSA) is 116 Å². The summed E-state index contributed by atoms with van der Waals surface area (Å²) in [4.78, 5) is 36.8. The third-order valence-corrected chi connectivity index (χ3v) is 6.67. The van der Waals surface area contributed by atoms with E-state index in [0.717, 1.165) is 41.5 Å². The highest BCUT2D eigenvalue weighted by molar-refractivity contribution is 6.30. The predicted molar refractivity (Wildman–Crippen MR) is 139 cm³/mol. The minimum Gasteiger partial charge on any atom is -0.481 e. The molecule has 4 N–H and O–H groups in total. The van der Waals surface area contributed by atoms with Crippen molar-refractivity contribution < 1.29 is 24.6 Å². The lowest BCUT2D eigenvalue weighted by molar-refractivity contribution is -0.137. The first-order valence-electron chi connectivity index (χ1n) is 12.3. The number of hydrogen-bond acceptors (Lipinski definition) is 4. The lowest BCUT2D eigenvalue weighted by Gasteiger charge is -2.23. The molecule has 0 aliphatic heterocycles. The summed E-state index contributed by atoms with van der Waals surface area (Å²) in [6.45, 7) is -0.132. The average Bonchev–Trinajstić information content (AvgIpc) is 2.88. The second kappa shape index (κ2) is 13.8. The Morgan fingerprint density at radius 2 is 1.64 bits per heavy atom. The molecule has 0 fully saturated rings. The molecular weight excluding hydrogens is 480 g/mol. The Bertz CT molecular complexity index is 1100. The van der Waals surface area contributed by atoms with Gasteiger partial charge in [0.25, 0.3) is 0 Å². The Hall–Kier alpha value is -3.16. The van der Waals surface area contributed by atoms with E-state index in [4.69, 9.17) is 16.7 Å². The second-order valence-corrected chi connectivity index (χ2v) is 9.44. The van der Waals surface area contributed by atoms with E-state index in [1.54, 1.807) is 12.1 Å². The summed E-state index contributed by atoms with van der Waals surface area (Å²) in [6, 6.07) is 14.0. The maximum atomic E-state index is 13.1. The smallest absolute Gasteiger partial charge is 0.303 e. The number of benzene rings is 2. The summed E-state index contributed by atoms with van der Waals surface area (Å²) in [5, 5.41) is 25.0. The van der Waals surface area contributed by atoms with Crippen LogP contribution in [0.5, 0.6) is 0 Å². The number of aliphatic hydroxyl groups is 1. The van der Waals surface area contributed by atoms with E-state index in [9.17, 15) is 19.5 Å². The fraction of sp³-hybridized carbons (Fsp3) is 0.393. The van der Waals surface area contributed by atoms with Gasteiger partial charge in [0.05, 0.1) is 6.61 Å². The highest BCUT2D eigenvalue weighted by Crippen LogP contribution is 2.29. The van der Waals surface area contributed by atoms with Gasteiger partial charge in [-0.05, 0) is 73.8 Å². The van der Waals surface area contributed by atoms with Gasteiger partial charge in [0.2, 0.25) is 11.8 Å². The number of carboxylic acid groups (broad SMARTS) is 1. The number of aryl methyl sites for hydroxylation is 1. The maximum absolute atomic E-state index is 13.1. The van der Waals surface area contributed by atoms with Crippen LogP contribution >= 0.6 is 11.6 Å². The van der Waals surface area contributed by atoms with Gasteiger partial charge >= 0.3 is 5.97 Å². The van der Waals surface area contributed by atoms with Crippen LogP contribution in [0.2, 0.25) is 5.02 Å². The summed E-state index contributed by atoms with van der Waals surface area (Å²) >= 11 is 5.89. The molecule has 192 valence electrons. The molecule has 2 aromatic rings. The van der Waals surface area contributed by atoms with Gasteiger partial charge in [0.15, 0.2) is 0 Å². The molecule has 0 bridgehead atoms. The molecule has 1 aliphatic rings. The number of allylic oxidation sites excluding steroid dienone is 1. The molecule has 8 heteroatoms. The number of aliphatic carboxylic acids is 1. The third-order valence-electron chi connectivity index (χ3n) is 6.42. The number of halogens is 1. The van der Waals surface area contributed by atoms with Gasteiger partial charge in [-0.15, -0.1) is 0 Å². The maximum Gasteiger partial charge on any atom is 0.303 e.